The van der Waals surface area contributed by atoms with Crippen LogP contribution in [0.1, 0.15) is 21.6 Å². The van der Waals surface area contributed by atoms with Crippen LogP contribution >= 0.6 is 0 Å². The summed E-state index contributed by atoms with van der Waals surface area (Å²) in [5.41, 5.74) is 3.44. The van der Waals surface area contributed by atoms with Gasteiger partial charge in [-0.1, -0.05) is 29.8 Å². The van der Waals surface area contributed by atoms with E-state index in [0.29, 0.717) is 28.9 Å². The molecule has 8 heteroatoms. The molecular formula is C21H19N5O3. The zero-order valence-corrected chi connectivity index (χ0v) is 16.2. The van der Waals surface area contributed by atoms with Crippen molar-refractivity contribution in [3.8, 4) is 17.1 Å². The summed E-state index contributed by atoms with van der Waals surface area (Å²) in [5, 5.41) is 17.1. The highest BCUT2D eigenvalue weighted by Crippen LogP contribution is 2.29. The summed E-state index contributed by atoms with van der Waals surface area (Å²) in [7, 11) is 1.53. The van der Waals surface area contributed by atoms with Crippen LogP contribution in [-0.4, -0.2) is 37.8 Å². The molecule has 2 heterocycles. The van der Waals surface area contributed by atoms with Gasteiger partial charge < -0.3 is 15.2 Å². The standard InChI is InChI=1S/C21H19N5O3/c1-12-4-6-14(7-5-12)19-24-21-22-13(2)10-18(26(21)25-19)23-16-11-15(20(27)28)8-9-17(16)29-3/h4-11,23H,1-3H3,(H,27,28). The first-order valence-corrected chi connectivity index (χ1v) is 8.94. The molecule has 0 saturated heterocycles. The second kappa shape index (κ2) is 7.23. The summed E-state index contributed by atoms with van der Waals surface area (Å²) >= 11 is 0. The number of benzene rings is 2. The van der Waals surface area contributed by atoms with Crippen molar-refractivity contribution in [2.45, 2.75) is 13.8 Å². The number of methoxy groups -OCH3 is 1. The van der Waals surface area contributed by atoms with Crippen LogP contribution in [0.5, 0.6) is 5.75 Å². The Hall–Kier alpha value is -3.94. The van der Waals surface area contributed by atoms with Crippen molar-refractivity contribution >= 4 is 23.3 Å². The molecule has 2 N–H and O–H groups in total. The third-order valence-electron chi connectivity index (χ3n) is 4.46. The Labute approximate surface area is 166 Å². The molecule has 8 nitrogen and oxygen atoms in total. The van der Waals surface area contributed by atoms with E-state index in [9.17, 15) is 9.90 Å². The number of rotatable bonds is 5. The van der Waals surface area contributed by atoms with E-state index in [1.807, 2.05) is 44.2 Å². The van der Waals surface area contributed by atoms with Gasteiger partial charge in [-0.25, -0.2) is 9.78 Å². The number of carbonyl (C=O) groups is 1. The highest BCUT2D eigenvalue weighted by molar-refractivity contribution is 5.90. The van der Waals surface area contributed by atoms with E-state index in [0.717, 1.165) is 16.8 Å². The number of anilines is 2. The van der Waals surface area contributed by atoms with Crippen molar-refractivity contribution in [2.24, 2.45) is 0 Å². The molecule has 0 aliphatic heterocycles. The van der Waals surface area contributed by atoms with E-state index in [-0.39, 0.29) is 5.56 Å². The molecule has 0 unspecified atom stereocenters. The molecule has 4 aromatic rings. The molecule has 0 aliphatic rings. The molecule has 146 valence electrons. The molecule has 2 aromatic heterocycles. The highest BCUT2D eigenvalue weighted by Gasteiger charge is 2.14. The second-order valence-corrected chi connectivity index (χ2v) is 6.64. The number of hydrogen-bond donors (Lipinski definition) is 2. The number of nitrogens with one attached hydrogen (secondary N) is 1. The quantitative estimate of drug-likeness (QED) is 0.534. The van der Waals surface area contributed by atoms with Crippen molar-refractivity contribution in [3.63, 3.8) is 0 Å². The third-order valence-corrected chi connectivity index (χ3v) is 4.46. The lowest BCUT2D eigenvalue weighted by Crippen LogP contribution is -2.05. The van der Waals surface area contributed by atoms with Crippen LogP contribution in [0.25, 0.3) is 17.2 Å². The largest absolute Gasteiger partial charge is 0.495 e. The fourth-order valence-electron chi connectivity index (χ4n) is 2.98. The van der Waals surface area contributed by atoms with Gasteiger partial charge in [-0.05, 0) is 32.0 Å². The third kappa shape index (κ3) is 3.60. The Morgan fingerprint density at radius 3 is 2.52 bits per heavy atom. The van der Waals surface area contributed by atoms with Crippen molar-refractivity contribution in [1.82, 2.24) is 19.6 Å². The Bertz CT molecular complexity index is 1220. The van der Waals surface area contributed by atoms with Gasteiger partial charge in [-0.2, -0.15) is 9.50 Å². The lowest BCUT2D eigenvalue weighted by Gasteiger charge is -2.13. The highest BCUT2D eigenvalue weighted by atomic mass is 16.5. The Balaban J connectivity index is 1.81. The van der Waals surface area contributed by atoms with Gasteiger partial charge in [0.2, 0.25) is 0 Å². The second-order valence-electron chi connectivity index (χ2n) is 6.64. The molecule has 2 aromatic carbocycles. The fraction of sp³-hybridized carbons (Fsp3) is 0.143. The van der Waals surface area contributed by atoms with Gasteiger partial charge in [0.25, 0.3) is 5.78 Å². The van der Waals surface area contributed by atoms with E-state index >= 15 is 0 Å². The number of aryl methyl sites for hydroxylation is 2. The molecule has 0 radical (unpaired) electrons. The summed E-state index contributed by atoms with van der Waals surface area (Å²) in [6.45, 7) is 3.88. The zero-order chi connectivity index (χ0) is 20.5. The average molecular weight is 389 g/mol. The van der Waals surface area contributed by atoms with Crippen LogP contribution in [0.3, 0.4) is 0 Å². The summed E-state index contributed by atoms with van der Waals surface area (Å²) in [5.74, 6) is 1.08. The Morgan fingerprint density at radius 2 is 1.83 bits per heavy atom. The topological polar surface area (TPSA) is 102 Å². The molecule has 0 aliphatic carbocycles. The fourth-order valence-corrected chi connectivity index (χ4v) is 2.98. The van der Waals surface area contributed by atoms with E-state index in [2.05, 4.69) is 20.4 Å². The summed E-state index contributed by atoms with van der Waals surface area (Å²) in [4.78, 5) is 20.3. The number of aromatic carboxylic acids is 1. The van der Waals surface area contributed by atoms with Crippen molar-refractivity contribution in [3.05, 3.63) is 65.4 Å². The monoisotopic (exact) mass is 389 g/mol. The first kappa shape index (κ1) is 18.4. The zero-order valence-electron chi connectivity index (χ0n) is 16.2. The molecule has 0 saturated carbocycles. The molecule has 0 spiro atoms. The number of carboxylic acids is 1. The van der Waals surface area contributed by atoms with Crippen LogP contribution in [0, 0.1) is 13.8 Å². The summed E-state index contributed by atoms with van der Waals surface area (Å²) in [6.07, 6.45) is 0. The van der Waals surface area contributed by atoms with E-state index in [1.165, 1.54) is 19.2 Å². The van der Waals surface area contributed by atoms with Crippen molar-refractivity contribution in [2.75, 3.05) is 12.4 Å². The van der Waals surface area contributed by atoms with Crippen molar-refractivity contribution in [1.29, 1.82) is 0 Å². The van der Waals surface area contributed by atoms with Crippen molar-refractivity contribution < 1.29 is 14.6 Å². The lowest BCUT2D eigenvalue weighted by atomic mass is 10.1. The maximum Gasteiger partial charge on any atom is 0.335 e. The minimum absolute atomic E-state index is 0.147. The maximum absolute atomic E-state index is 11.3. The number of carboxylic acid groups (broad SMARTS) is 1. The van der Waals surface area contributed by atoms with Gasteiger partial charge >= 0.3 is 5.97 Å². The molecule has 4 rings (SSSR count). The number of nitrogens with zero attached hydrogens (tertiary/aromatic N) is 4. The van der Waals surface area contributed by atoms with Crippen LogP contribution < -0.4 is 10.1 Å². The van der Waals surface area contributed by atoms with Crippen LogP contribution in [-0.2, 0) is 0 Å². The molecule has 0 bridgehead atoms. The van der Waals surface area contributed by atoms with Gasteiger partial charge in [0, 0.05) is 17.3 Å². The minimum Gasteiger partial charge on any atom is -0.495 e. The molecule has 29 heavy (non-hydrogen) atoms. The molecular weight excluding hydrogens is 370 g/mol. The van der Waals surface area contributed by atoms with Gasteiger partial charge in [-0.3, -0.25) is 0 Å². The lowest BCUT2D eigenvalue weighted by molar-refractivity contribution is 0.0697. The van der Waals surface area contributed by atoms with E-state index in [1.54, 1.807) is 10.6 Å². The van der Waals surface area contributed by atoms with Gasteiger partial charge in [0.05, 0.1) is 18.4 Å². The van der Waals surface area contributed by atoms with Gasteiger partial charge in [0.1, 0.15) is 11.6 Å². The number of hydrogen-bond acceptors (Lipinski definition) is 6. The predicted octanol–water partition coefficient (Wildman–Crippen LogP) is 3.86. The first-order valence-electron chi connectivity index (χ1n) is 8.94. The SMILES string of the molecule is COc1ccc(C(=O)O)cc1Nc1cc(C)nc2nc(-c3ccc(C)cc3)nn12. The number of ether oxygens (including phenoxy) is 1. The Morgan fingerprint density at radius 1 is 1.07 bits per heavy atom. The van der Waals surface area contributed by atoms with E-state index in [4.69, 9.17) is 4.74 Å². The maximum atomic E-state index is 11.3. The number of fused-ring (bicyclic) bond motifs is 1. The van der Waals surface area contributed by atoms with E-state index < -0.39 is 5.97 Å². The summed E-state index contributed by atoms with van der Waals surface area (Å²) in [6, 6.07) is 14.4. The molecule has 0 atom stereocenters. The van der Waals surface area contributed by atoms with Crippen LogP contribution in [0.15, 0.2) is 48.5 Å². The molecule has 0 fully saturated rings. The van der Waals surface area contributed by atoms with Gasteiger partial charge in [-0.15, -0.1) is 5.10 Å². The Kier molecular flexibility index (Phi) is 4.59. The molecule has 0 amide bonds. The number of aromatic nitrogens is 4. The van der Waals surface area contributed by atoms with Gasteiger partial charge in [0.15, 0.2) is 5.82 Å². The average Bonchev–Trinajstić information content (AvgIpc) is 3.12. The van der Waals surface area contributed by atoms with Crippen LogP contribution in [0.4, 0.5) is 11.5 Å². The first-order chi connectivity index (χ1) is 13.9. The summed E-state index contributed by atoms with van der Waals surface area (Å²) < 4.78 is 6.96. The minimum atomic E-state index is -1.02. The van der Waals surface area contributed by atoms with Crippen LogP contribution in [0.2, 0.25) is 0 Å². The predicted molar refractivity (Wildman–Crippen MR) is 109 cm³/mol. The normalized spacial score (nSPS) is 10.9. The smallest absolute Gasteiger partial charge is 0.335 e.